The molecular weight excluding hydrogens is 316 g/mol. The molecule has 0 bridgehead atoms. The van der Waals surface area contributed by atoms with Crippen LogP contribution in [-0.4, -0.2) is 28.6 Å². The van der Waals surface area contributed by atoms with E-state index >= 15 is 0 Å². The summed E-state index contributed by atoms with van der Waals surface area (Å²) in [6, 6.07) is 7.86. The Bertz CT molecular complexity index is 518. The van der Waals surface area contributed by atoms with Gasteiger partial charge < -0.3 is 10.6 Å². The Hall–Kier alpha value is -1.47. The van der Waals surface area contributed by atoms with Gasteiger partial charge in [0.25, 0.3) is 5.91 Å². The van der Waals surface area contributed by atoms with Gasteiger partial charge in [0.15, 0.2) is 5.69 Å². The molecule has 2 N–H and O–H groups in total. The quantitative estimate of drug-likeness (QED) is 0.826. The van der Waals surface area contributed by atoms with Gasteiger partial charge in [0.2, 0.25) is 0 Å². The lowest BCUT2D eigenvalue weighted by molar-refractivity contribution is 0.0950. The van der Waals surface area contributed by atoms with E-state index in [-0.39, 0.29) is 5.91 Å². The van der Waals surface area contributed by atoms with Gasteiger partial charge in [0, 0.05) is 28.6 Å². The Morgan fingerprint density at radius 2 is 2.28 bits per heavy atom. The minimum absolute atomic E-state index is 0.195. The third kappa shape index (κ3) is 3.78. The molecule has 1 aromatic carbocycles. The zero-order chi connectivity index (χ0) is 12.8. The van der Waals surface area contributed by atoms with Crippen LogP contribution in [0.3, 0.4) is 0 Å². The molecule has 0 atom stereocenters. The highest BCUT2D eigenvalue weighted by Gasteiger charge is 2.06. The first-order chi connectivity index (χ1) is 8.75. The smallest absolute Gasteiger partial charge is 0.272 e. The van der Waals surface area contributed by atoms with Crippen molar-refractivity contribution in [2.24, 2.45) is 0 Å². The van der Waals surface area contributed by atoms with Crippen LogP contribution in [0.15, 0.2) is 34.1 Å². The summed E-state index contributed by atoms with van der Waals surface area (Å²) in [6.45, 7) is 1.18. The molecule has 0 aliphatic heterocycles. The first kappa shape index (κ1) is 13.0. The van der Waals surface area contributed by atoms with Crippen LogP contribution in [0.1, 0.15) is 10.5 Å². The minimum Gasteiger partial charge on any atom is -0.383 e. The van der Waals surface area contributed by atoms with Gasteiger partial charge in [-0.2, -0.15) is 0 Å². The summed E-state index contributed by atoms with van der Waals surface area (Å²) < 4.78 is 4.66. The van der Waals surface area contributed by atoms with E-state index in [9.17, 15) is 4.79 Å². The summed E-state index contributed by atoms with van der Waals surface area (Å²) in [6.07, 6.45) is 0. The van der Waals surface area contributed by atoms with E-state index in [0.717, 1.165) is 21.7 Å². The fourth-order valence-electron chi connectivity index (χ4n) is 1.34. The number of halogens is 1. The first-order valence-corrected chi connectivity index (χ1v) is 6.93. The van der Waals surface area contributed by atoms with E-state index in [4.69, 9.17) is 0 Å². The minimum atomic E-state index is -0.195. The van der Waals surface area contributed by atoms with Crippen LogP contribution in [0.5, 0.6) is 0 Å². The molecule has 7 heteroatoms. The van der Waals surface area contributed by atoms with Crippen LogP contribution in [0.2, 0.25) is 0 Å². The predicted octanol–water partition coefficient (Wildman–Crippen LogP) is 2.14. The van der Waals surface area contributed by atoms with Crippen molar-refractivity contribution in [3.05, 3.63) is 39.8 Å². The largest absolute Gasteiger partial charge is 0.383 e. The monoisotopic (exact) mass is 326 g/mol. The van der Waals surface area contributed by atoms with Gasteiger partial charge in [-0.05, 0) is 29.7 Å². The lowest BCUT2D eigenvalue weighted by atomic mass is 10.3. The zero-order valence-electron chi connectivity index (χ0n) is 9.39. The number of benzene rings is 1. The molecule has 2 aromatic rings. The molecule has 1 heterocycles. The van der Waals surface area contributed by atoms with Crippen LogP contribution in [0, 0.1) is 0 Å². The van der Waals surface area contributed by atoms with Gasteiger partial charge in [-0.25, -0.2) is 0 Å². The number of hydrogen-bond acceptors (Lipinski definition) is 5. The van der Waals surface area contributed by atoms with E-state index in [1.807, 2.05) is 24.3 Å². The highest BCUT2D eigenvalue weighted by atomic mass is 79.9. The predicted molar refractivity (Wildman–Crippen MR) is 74.9 cm³/mol. The second-order valence-electron chi connectivity index (χ2n) is 3.48. The van der Waals surface area contributed by atoms with Gasteiger partial charge in [-0.3, -0.25) is 4.79 Å². The molecule has 5 nitrogen and oxygen atoms in total. The number of amides is 1. The number of hydrogen-bond donors (Lipinski definition) is 2. The molecule has 18 heavy (non-hydrogen) atoms. The normalized spacial score (nSPS) is 10.1. The van der Waals surface area contributed by atoms with Crippen molar-refractivity contribution in [2.75, 3.05) is 18.4 Å². The molecule has 2 rings (SSSR count). The Morgan fingerprint density at radius 3 is 3.00 bits per heavy atom. The van der Waals surface area contributed by atoms with E-state index in [1.54, 1.807) is 5.38 Å². The summed E-state index contributed by atoms with van der Waals surface area (Å²) in [5, 5.41) is 11.3. The number of nitrogens with zero attached hydrogens (tertiary/aromatic N) is 2. The average molecular weight is 327 g/mol. The first-order valence-electron chi connectivity index (χ1n) is 5.30. The Morgan fingerprint density at radius 1 is 1.39 bits per heavy atom. The van der Waals surface area contributed by atoms with E-state index < -0.39 is 0 Å². The third-order valence-corrected chi connectivity index (χ3v) is 3.15. The molecule has 0 fully saturated rings. The molecule has 0 saturated carbocycles. The van der Waals surface area contributed by atoms with E-state index in [2.05, 4.69) is 36.2 Å². The highest BCUT2D eigenvalue weighted by Crippen LogP contribution is 2.14. The molecule has 0 spiro atoms. The molecule has 0 radical (unpaired) electrons. The van der Waals surface area contributed by atoms with Crippen molar-refractivity contribution >= 4 is 39.1 Å². The van der Waals surface area contributed by atoms with Crippen LogP contribution >= 0.6 is 27.5 Å². The van der Waals surface area contributed by atoms with Crippen molar-refractivity contribution in [3.8, 4) is 0 Å². The molecule has 0 aliphatic carbocycles. The lowest BCUT2D eigenvalue weighted by Crippen LogP contribution is -2.29. The number of aromatic nitrogens is 2. The van der Waals surface area contributed by atoms with Gasteiger partial charge in [-0.1, -0.05) is 26.5 Å². The topological polar surface area (TPSA) is 66.9 Å². The maximum atomic E-state index is 11.5. The molecule has 1 aromatic heterocycles. The second-order valence-corrected chi connectivity index (χ2v) is 5.01. The van der Waals surface area contributed by atoms with Crippen molar-refractivity contribution < 1.29 is 4.79 Å². The van der Waals surface area contributed by atoms with E-state index in [1.165, 1.54) is 0 Å². The van der Waals surface area contributed by atoms with Gasteiger partial charge >= 0.3 is 0 Å². The molecule has 1 amide bonds. The SMILES string of the molecule is O=C(NCCNc1cccc(Br)c1)c1csnn1. The standard InChI is InChI=1S/C11H11BrN4OS/c12-8-2-1-3-9(6-8)13-4-5-14-11(17)10-7-18-16-15-10/h1-3,6-7,13H,4-5H2,(H,14,17). The lowest BCUT2D eigenvalue weighted by Gasteiger charge is -2.07. The van der Waals surface area contributed by atoms with Crippen LogP contribution < -0.4 is 10.6 Å². The second kappa shape index (κ2) is 6.46. The molecule has 0 aliphatic rings. The van der Waals surface area contributed by atoms with Crippen LogP contribution in [0.25, 0.3) is 0 Å². The zero-order valence-corrected chi connectivity index (χ0v) is 11.8. The number of nitrogens with one attached hydrogen (secondary N) is 2. The molecule has 0 unspecified atom stereocenters. The van der Waals surface area contributed by atoms with Crippen molar-refractivity contribution in [1.82, 2.24) is 14.9 Å². The maximum Gasteiger partial charge on any atom is 0.272 e. The maximum absolute atomic E-state index is 11.5. The van der Waals surface area contributed by atoms with Crippen LogP contribution in [0.4, 0.5) is 5.69 Å². The van der Waals surface area contributed by atoms with Crippen molar-refractivity contribution in [2.45, 2.75) is 0 Å². The highest BCUT2D eigenvalue weighted by molar-refractivity contribution is 9.10. The van der Waals surface area contributed by atoms with Crippen molar-refractivity contribution in [3.63, 3.8) is 0 Å². The molecule has 94 valence electrons. The number of anilines is 1. The Balaban J connectivity index is 1.72. The fourth-order valence-corrected chi connectivity index (χ4v) is 2.17. The average Bonchev–Trinajstić information content (AvgIpc) is 2.88. The van der Waals surface area contributed by atoms with Gasteiger partial charge in [-0.15, -0.1) is 5.10 Å². The van der Waals surface area contributed by atoms with Gasteiger partial charge in [0.1, 0.15) is 0 Å². The van der Waals surface area contributed by atoms with E-state index in [0.29, 0.717) is 18.8 Å². The summed E-state index contributed by atoms with van der Waals surface area (Å²) in [7, 11) is 0. The fraction of sp³-hybridized carbons (Fsp3) is 0.182. The van der Waals surface area contributed by atoms with Gasteiger partial charge in [0.05, 0.1) is 0 Å². The van der Waals surface area contributed by atoms with Crippen molar-refractivity contribution in [1.29, 1.82) is 0 Å². The Labute approximate surface area is 117 Å². The Kier molecular flexibility index (Phi) is 4.66. The molecule has 0 saturated heterocycles. The number of rotatable bonds is 5. The summed E-state index contributed by atoms with van der Waals surface area (Å²) in [4.78, 5) is 11.5. The third-order valence-electron chi connectivity index (χ3n) is 2.16. The number of carbonyl (C=O) groups is 1. The summed E-state index contributed by atoms with van der Waals surface area (Å²) in [5.74, 6) is -0.195. The molecular formula is C11H11BrN4OS. The summed E-state index contributed by atoms with van der Waals surface area (Å²) in [5.41, 5.74) is 1.37. The number of carbonyl (C=O) groups excluding carboxylic acids is 1. The summed E-state index contributed by atoms with van der Waals surface area (Å²) >= 11 is 4.56. The van der Waals surface area contributed by atoms with Crippen LogP contribution in [-0.2, 0) is 0 Å².